The molecule has 0 fully saturated rings. The van der Waals surface area contributed by atoms with Crippen LogP contribution in [0.3, 0.4) is 0 Å². The highest BCUT2D eigenvalue weighted by atomic mass is 35.5. The van der Waals surface area contributed by atoms with Gasteiger partial charge in [-0.2, -0.15) is 0 Å². The molecule has 1 amide bonds. The minimum Gasteiger partial charge on any atom is -0.352 e. The fourth-order valence-electron chi connectivity index (χ4n) is 2.81. The first-order valence-corrected chi connectivity index (χ1v) is 9.89. The van der Waals surface area contributed by atoms with Gasteiger partial charge in [-0.15, -0.1) is 0 Å². The molecule has 1 aliphatic rings. The number of hydrogen-bond acceptors (Lipinski definition) is 4. The molecule has 0 aliphatic carbocycles. The number of thioether (sulfide) groups is 1. The molecule has 1 atom stereocenters. The zero-order valence-electron chi connectivity index (χ0n) is 15.1. The monoisotopic (exact) mass is 391 g/mol. The first-order valence-electron chi connectivity index (χ1n) is 8.52. The fraction of sp³-hybridized carbons (Fsp3) is 0.421. The van der Waals surface area contributed by atoms with Crippen molar-refractivity contribution in [2.45, 2.75) is 50.4 Å². The van der Waals surface area contributed by atoms with Gasteiger partial charge < -0.3 is 5.32 Å². The second kappa shape index (κ2) is 7.45. The van der Waals surface area contributed by atoms with Crippen LogP contribution in [0.1, 0.15) is 44.5 Å². The van der Waals surface area contributed by atoms with Crippen LogP contribution in [0.4, 0.5) is 0 Å². The number of carbonyl (C=O) groups excluding carboxylic acids is 1. The lowest BCUT2D eigenvalue weighted by molar-refractivity contribution is -0.121. The van der Waals surface area contributed by atoms with E-state index in [2.05, 4.69) is 10.3 Å². The number of aromatic nitrogens is 2. The molecule has 26 heavy (non-hydrogen) atoms. The van der Waals surface area contributed by atoms with Crippen molar-refractivity contribution in [3.63, 3.8) is 0 Å². The number of nitrogens with zero attached hydrogens (tertiary/aromatic N) is 2. The van der Waals surface area contributed by atoms with E-state index in [0.29, 0.717) is 22.5 Å². The Morgan fingerprint density at radius 1 is 1.38 bits per heavy atom. The van der Waals surface area contributed by atoms with Crippen LogP contribution in [-0.4, -0.2) is 21.2 Å². The number of nitrogens with one attached hydrogen (secondary N) is 1. The molecule has 1 aromatic heterocycles. The van der Waals surface area contributed by atoms with E-state index in [0.717, 1.165) is 11.3 Å². The number of benzene rings is 1. The van der Waals surface area contributed by atoms with E-state index < -0.39 is 0 Å². The Morgan fingerprint density at radius 3 is 2.81 bits per heavy atom. The second-order valence-corrected chi connectivity index (χ2v) is 8.81. The van der Waals surface area contributed by atoms with Crippen LogP contribution < -0.4 is 10.9 Å². The standard InChI is InChI=1S/C19H22ClN3O2S/c1-19(2,3)15-9-17(25)23-13(11-26-18(23)22-15)8-16(24)21-10-12-6-4-5-7-14(12)20/h4-7,9,13H,8,10-11H2,1-3H3,(H,21,24). The molecule has 0 spiro atoms. The highest BCUT2D eigenvalue weighted by Crippen LogP contribution is 2.33. The van der Waals surface area contributed by atoms with Crippen LogP contribution in [0.5, 0.6) is 0 Å². The van der Waals surface area contributed by atoms with Crippen molar-refractivity contribution < 1.29 is 4.79 Å². The molecule has 0 saturated carbocycles. The van der Waals surface area contributed by atoms with Crippen LogP contribution in [-0.2, 0) is 16.8 Å². The summed E-state index contributed by atoms with van der Waals surface area (Å²) in [7, 11) is 0. The third-order valence-electron chi connectivity index (χ3n) is 4.31. The summed E-state index contributed by atoms with van der Waals surface area (Å²) in [6, 6.07) is 8.83. The number of fused-ring (bicyclic) bond motifs is 1. The first kappa shape index (κ1) is 19.0. The van der Waals surface area contributed by atoms with E-state index >= 15 is 0 Å². The van der Waals surface area contributed by atoms with E-state index in [9.17, 15) is 9.59 Å². The summed E-state index contributed by atoms with van der Waals surface area (Å²) < 4.78 is 1.65. The average Bonchev–Trinajstić information content (AvgIpc) is 2.97. The first-order chi connectivity index (χ1) is 12.3. The van der Waals surface area contributed by atoms with Crippen LogP contribution in [0, 0.1) is 0 Å². The average molecular weight is 392 g/mol. The Kier molecular flexibility index (Phi) is 5.44. The molecular weight excluding hydrogens is 370 g/mol. The lowest BCUT2D eigenvalue weighted by Crippen LogP contribution is -2.31. The van der Waals surface area contributed by atoms with Crippen molar-refractivity contribution in [2.75, 3.05) is 5.75 Å². The van der Waals surface area contributed by atoms with Gasteiger partial charge in [0, 0.05) is 35.2 Å². The summed E-state index contributed by atoms with van der Waals surface area (Å²) in [4.78, 5) is 29.5. The third kappa shape index (κ3) is 4.13. The van der Waals surface area contributed by atoms with Gasteiger partial charge in [0.05, 0.1) is 11.7 Å². The molecule has 1 unspecified atom stereocenters. The van der Waals surface area contributed by atoms with Crippen molar-refractivity contribution in [3.05, 3.63) is 57.0 Å². The number of rotatable bonds is 4. The van der Waals surface area contributed by atoms with Crippen LogP contribution in [0.15, 0.2) is 40.3 Å². The van der Waals surface area contributed by atoms with Crippen LogP contribution in [0.2, 0.25) is 5.02 Å². The quantitative estimate of drug-likeness (QED) is 0.809. The van der Waals surface area contributed by atoms with Gasteiger partial charge in [0.15, 0.2) is 5.16 Å². The Balaban J connectivity index is 1.69. The molecular formula is C19H22ClN3O2S. The molecule has 2 heterocycles. The molecule has 0 radical (unpaired) electrons. The normalized spacial score (nSPS) is 16.4. The van der Waals surface area contributed by atoms with Crippen molar-refractivity contribution in [1.82, 2.24) is 14.9 Å². The highest BCUT2D eigenvalue weighted by Gasteiger charge is 2.29. The van der Waals surface area contributed by atoms with E-state index in [4.69, 9.17) is 11.6 Å². The van der Waals surface area contributed by atoms with Crippen LogP contribution in [0.25, 0.3) is 0 Å². The Bertz CT molecular complexity index is 889. The minimum atomic E-state index is -0.181. The largest absolute Gasteiger partial charge is 0.352 e. The van der Waals surface area contributed by atoms with Gasteiger partial charge >= 0.3 is 0 Å². The molecule has 0 bridgehead atoms. The predicted octanol–water partition coefficient (Wildman–Crippen LogP) is 3.55. The number of amides is 1. The maximum absolute atomic E-state index is 12.6. The Morgan fingerprint density at radius 2 is 2.12 bits per heavy atom. The highest BCUT2D eigenvalue weighted by molar-refractivity contribution is 7.99. The maximum atomic E-state index is 12.6. The van der Waals surface area contributed by atoms with Crippen LogP contribution >= 0.6 is 23.4 Å². The zero-order valence-corrected chi connectivity index (χ0v) is 16.7. The molecule has 7 heteroatoms. The Labute approximate surface area is 162 Å². The molecule has 5 nitrogen and oxygen atoms in total. The summed E-state index contributed by atoms with van der Waals surface area (Å²) in [6.45, 7) is 6.47. The molecule has 1 aliphatic heterocycles. The number of halogens is 1. The van der Waals surface area contributed by atoms with Gasteiger partial charge in [-0.05, 0) is 11.6 Å². The zero-order chi connectivity index (χ0) is 18.9. The van der Waals surface area contributed by atoms with E-state index in [1.54, 1.807) is 16.7 Å². The van der Waals surface area contributed by atoms with Crippen molar-refractivity contribution in [3.8, 4) is 0 Å². The molecule has 1 N–H and O–H groups in total. The molecule has 1 aromatic carbocycles. The summed E-state index contributed by atoms with van der Waals surface area (Å²) >= 11 is 7.64. The van der Waals surface area contributed by atoms with Gasteiger partial charge in [-0.3, -0.25) is 14.2 Å². The van der Waals surface area contributed by atoms with Gasteiger partial charge in [-0.1, -0.05) is 62.3 Å². The summed E-state index contributed by atoms with van der Waals surface area (Å²) in [6.07, 6.45) is 0.251. The number of carbonyl (C=O) groups is 1. The molecule has 2 aromatic rings. The molecule has 0 saturated heterocycles. The summed E-state index contributed by atoms with van der Waals surface area (Å²) in [5.74, 6) is 0.574. The second-order valence-electron chi connectivity index (χ2n) is 7.42. The van der Waals surface area contributed by atoms with Crippen molar-refractivity contribution >= 4 is 29.3 Å². The summed E-state index contributed by atoms with van der Waals surface area (Å²) in [5, 5.41) is 4.21. The fourth-order valence-corrected chi connectivity index (χ4v) is 4.16. The summed E-state index contributed by atoms with van der Waals surface area (Å²) in [5.41, 5.74) is 1.39. The Hall–Kier alpha value is -1.79. The van der Waals surface area contributed by atoms with Crippen molar-refractivity contribution in [1.29, 1.82) is 0 Å². The van der Waals surface area contributed by atoms with Gasteiger partial charge in [0.1, 0.15) is 0 Å². The lowest BCUT2D eigenvalue weighted by atomic mass is 9.92. The third-order valence-corrected chi connectivity index (χ3v) is 5.78. The predicted molar refractivity (Wildman–Crippen MR) is 105 cm³/mol. The van der Waals surface area contributed by atoms with E-state index in [1.165, 1.54) is 11.8 Å². The minimum absolute atomic E-state index is 0.0890. The van der Waals surface area contributed by atoms with Gasteiger partial charge in [0.25, 0.3) is 5.56 Å². The molecule has 3 rings (SSSR count). The van der Waals surface area contributed by atoms with Gasteiger partial charge in [-0.25, -0.2) is 4.98 Å². The lowest BCUT2D eigenvalue weighted by Gasteiger charge is -2.19. The number of hydrogen-bond donors (Lipinski definition) is 1. The smallest absolute Gasteiger partial charge is 0.254 e. The van der Waals surface area contributed by atoms with Crippen molar-refractivity contribution in [2.24, 2.45) is 0 Å². The van der Waals surface area contributed by atoms with Gasteiger partial charge in [0.2, 0.25) is 5.91 Å². The maximum Gasteiger partial charge on any atom is 0.254 e. The topological polar surface area (TPSA) is 64.0 Å². The molecule has 138 valence electrons. The SMILES string of the molecule is CC(C)(C)c1cc(=O)n2c(n1)SCC2CC(=O)NCc1ccccc1Cl. The van der Waals surface area contributed by atoms with E-state index in [1.807, 2.05) is 39.0 Å². The van der Waals surface area contributed by atoms with E-state index in [-0.39, 0.29) is 29.3 Å².